The minimum absolute atomic E-state index is 0.293. The Morgan fingerprint density at radius 2 is 1.58 bits per heavy atom. The molecule has 0 saturated heterocycles. The zero-order valence-corrected chi connectivity index (χ0v) is 18.3. The van der Waals surface area contributed by atoms with E-state index in [0.29, 0.717) is 28.5 Å². The first-order valence-electron chi connectivity index (χ1n) is 10.5. The van der Waals surface area contributed by atoms with Gasteiger partial charge in [-0.25, -0.2) is 4.79 Å². The number of rotatable bonds is 5. The van der Waals surface area contributed by atoms with E-state index in [1.165, 1.54) is 12.1 Å². The quantitative estimate of drug-likeness (QED) is 0.341. The normalized spacial score (nSPS) is 11.3. The van der Waals surface area contributed by atoms with Gasteiger partial charge >= 0.3 is 12.4 Å². The lowest BCUT2D eigenvalue weighted by molar-refractivity contribution is -0.274. The van der Waals surface area contributed by atoms with Crippen molar-refractivity contribution >= 4 is 23.1 Å². The van der Waals surface area contributed by atoms with Gasteiger partial charge in [0.2, 0.25) is 0 Å². The number of amides is 2. The van der Waals surface area contributed by atoms with Crippen molar-refractivity contribution in [3.63, 3.8) is 0 Å². The van der Waals surface area contributed by atoms with Crippen LogP contribution in [0.3, 0.4) is 0 Å². The first-order valence-corrected chi connectivity index (χ1v) is 10.5. The van der Waals surface area contributed by atoms with Gasteiger partial charge in [-0.1, -0.05) is 12.1 Å². The molecule has 0 aliphatic carbocycles. The van der Waals surface area contributed by atoms with Gasteiger partial charge < -0.3 is 15.4 Å². The number of pyridine rings is 1. The Labute approximate surface area is 201 Å². The minimum Gasteiger partial charge on any atom is -0.406 e. The fourth-order valence-electron chi connectivity index (χ4n) is 3.41. The lowest BCUT2D eigenvalue weighted by Crippen LogP contribution is -2.19. The SMILES string of the molecule is O=C(Nc1ccc(OC(F)(F)F)cc1)Nc1cccc(-c2ccc3nnc(-c4ccncc4)n3n2)c1. The van der Waals surface area contributed by atoms with Gasteiger partial charge in [0.1, 0.15) is 5.75 Å². The molecule has 0 atom stereocenters. The highest BCUT2D eigenvalue weighted by Gasteiger charge is 2.31. The monoisotopic (exact) mass is 491 g/mol. The zero-order valence-electron chi connectivity index (χ0n) is 18.3. The van der Waals surface area contributed by atoms with Gasteiger partial charge in [0.25, 0.3) is 0 Å². The van der Waals surface area contributed by atoms with Gasteiger partial charge in [-0.3, -0.25) is 4.98 Å². The Bertz CT molecular complexity index is 1520. The minimum atomic E-state index is -4.79. The molecule has 3 heterocycles. The summed E-state index contributed by atoms with van der Waals surface area (Å²) in [5, 5.41) is 18.3. The third kappa shape index (κ3) is 5.22. The Morgan fingerprint density at radius 1 is 0.833 bits per heavy atom. The molecule has 0 radical (unpaired) electrons. The van der Waals surface area contributed by atoms with Crippen LogP contribution in [-0.2, 0) is 0 Å². The predicted octanol–water partition coefficient (Wildman–Crippen LogP) is 5.40. The van der Waals surface area contributed by atoms with Crippen molar-refractivity contribution in [3.05, 3.63) is 85.2 Å². The summed E-state index contributed by atoms with van der Waals surface area (Å²) in [7, 11) is 0. The van der Waals surface area contributed by atoms with Crippen LogP contribution in [0.1, 0.15) is 0 Å². The second kappa shape index (κ2) is 9.33. The highest BCUT2D eigenvalue weighted by Crippen LogP contribution is 2.25. The standard InChI is InChI=1S/C24H16F3N7O2/c25-24(26,27)36-19-6-4-17(5-7-19)29-23(35)30-18-3-1-2-16(14-18)20-8-9-21-31-32-22(34(21)33-20)15-10-12-28-13-11-15/h1-14H,(H2,29,30,35). The third-order valence-corrected chi connectivity index (χ3v) is 4.96. The smallest absolute Gasteiger partial charge is 0.406 e. The van der Waals surface area contributed by atoms with Crippen LogP contribution in [-0.4, -0.2) is 37.2 Å². The number of aromatic nitrogens is 5. The first kappa shape index (κ1) is 22.8. The van der Waals surface area contributed by atoms with Crippen molar-refractivity contribution in [1.29, 1.82) is 0 Å². The number of benzene rings is 2. The molecule has 0 spiro atoms. The van der Waals surface area contributed by atoms with Crippen LogP contribution in [0.15, 0.2) is 85.2 Å². The number of nitrogens with one attached hydrogen (secondary N) is 2. The Kier molecular flexibility index (Phi) is 5.90. The molecule has 0 aliphatic heterocycles. The maximum absolute atomic E-state index is 12.4. The third-order valence-electron chi connectivity index (χ3n) is 4.96. The predicted molar refractivity (Wildman–Crippen MR) is 125 cm³/mol. The molecule has 2 N–H and O–H groups in total. The zero-order chi connectivity index (χ0) is 25.1. The van der Waals surface area contributed by atoms with Crippen molar-refractivity contribution in [2.75, 3.05) is 10.6 Å². The van der Waals surface area contributed by atoms with E-state index in [9.17, 15) is 18.0 Å². The van der Waals surface area contributed by atoms with Crippen molar-refractivity contribution in [2.45, 2.75) is 6.36 Å². The number of hydrogen-bond acceptors (Lipinski definition) is 6. The molecular weight excluding hydrogens is 475 g/mol. The summed E-state index contributed by atoms with van der Waals surface area (Å²) in [6.07, 6.45) is -1.47. The number of fused-ring (bicyclic) bond motifs is 1. The lowest BCUT2D eigenvalue weighted by Gasteiger charge is -2.11. The van der Waals surface area contributed by atoms with Gasteiger partial charge in [0, 0.05) is 34.9 Å². The maximum atomic E-state index is 12.4. The molecule has 0 saturated carbocycles. The number of alkyl halides is 3. The fraction of sp³-hybridized carbons (Fsp3) is 0.0417. The van der Waals surface area contributed by atoms with Gasteiger partial charge in [-0.05, 0) is 60.7 Å². The first-order chi connectivity index (χ1) is 17.3. The van der Waals surface area contributed by atoms with Crippen LogP contribution in [0.4, 0.5) is 29.3 Å². The average Bonchev–Trinajstić information content (AvgIpc) is 3.28. The molecule has 36 heavy (non-hydrogen) atoms. The topological polar surface area (TPSA) is 106 Å². The number of ether oxygens (including phenoxy) is 1. The summed E-state index contributed by atoms with van der Waals surface area (Å²) < 4.78 is 42.3. The molecular formula is C24H16F3N7O2. The number of urea groups is 1. The van der Waals surface area contributed by atoms with Crippen LogP contribution >= 0.6 is 0 Å². The molecule has 12 heteroatoms. The summed E-state index contributed by atoms with van der Waals surface area (Å²) in [5.74, 6) is 0.181. The molecule has 0 unspecified atom stereocenters. The van der Waals surface area contributed by atoms with E-state index < -0.39 is 12.4 Å². The van der Waals surface area contributed by atoms with E-state index in [4.69, 9.17) is 0 Å². The molecule has 0 fully saturated rings. The van der Waals surface area contributed by atoms with E-state index >= 15 is 0 Å². The molecule has 5 rings (SSSR count). The van der Waals surface area contributed by atoms with Crippen molar-refractivity contribution < 1.29 is 22.7 Å². The molecule has 3 aromatic heterocycles. The highest BCUT2D eigenvalue weighted by atomic mass is 19.4. The van der Waals surface area contributed by atoms with E-state index in [-0.39, 0.29) is 5.75 Å². The average molecular weight is 491 g/mol. The van der Waals surface area contributed by atoms with Gasteiger partial charge in [-0.2, -0.15) is 9.61 Å². The summed E-state index contributed by atoms with van der Waals surface area (Å²) in [6.45, 7) is 0. The van der Waals surface area contributed by atoms with Crippen molar-refractivity contribution in [3.8, 4) is 28.4 Å². The Hall–Kier alpha value is -5.00. The molecule has 2 aromatic carbocycles. The van der Waals surface area contributed by atoms with Crippen LogP contribution in [0.25, 0.3) is 28.3 Å². The van der Waals surface area contributed by atoms with E-state index in [1.54, 1.807) is 47.2 Å². The lowest BCUT2D eigenvalue weighted by atomic mass is 10.1. The van der Waals surface area contributed by atoms with Crippen LogP contribution < -0.4 is 15.4 Å². The molecule has 2 amide bonds. The summed E-state index contributed by atoms with van der Waals surface area (Å²) >= 11 is 0. The van der Waals surface area contributed by atoms with Crippen LogP contribution in [0.2, 0.25) is 0 Å². The molecule has 0 bridgehead atoms. The van der Waals surface area contributed by atoms with Crippen LogP contribution in [0.5, 0.6) is 5.75 Å². The Balaban J connectivity index is 1.31. The largest absolute Gasteiger partial charge is 0.573 e. The van der Waals surface area contributed by atoms with E-state index in [1.807, 2.05) is 18.2 Å². The second-order valence-electron chi connectivity index (χ2n) is 7.48. The van der Waals surface area contributed by atoms with Crippen molar-refractivity contribution in [2.24, 2.45) is 0 Å². The Morgan fingerprint density at radius 3 is 2.33 bits per heavy atom. The summed E-state index contributed by atoms with van der Waals surface area (Å²) in [6, 6.07) is 18.5. The second-order valence-corrected chi connectivity index (χ2v) is 7.48. The molecule has 0 aliphatic rings. The summed E-state index contributed by atoms with van der Waals surface area (Å²) in [4.78, 5) is 16.4. The highest BCUT2D eigenvalue weighted by molar-refractivity contribution is 6.00. The molecule has 180 valence electrons. The van der Waals surface area contributed by atoms with Gasteiger partial charge in [0.15, 0.2) is 11.5 Å². The van der Waals surface area contributed by atoms with E-state index in [2.05, 4.69) is 35.7 Å². The number of nitrogens with zero attached hydrogens (tertiary/aromatic N) is 5. The number of hydrogen-bond donors (Lipinski definition) is 2. The molecule has 9 nitrogen and oxygen atoms in total. The number of carbonyl (C=O) groups excluding carboxylic acids is 1. The van der Waals surface area contributed by atoms with Gasteiger partial charge in [-0.15, -0.1) is 23.4 Å². The maximum Gasteiger partial charge on any atom is 0.573 e. The number of carbonyl (C=O) groups is 1. The number of halogens is 3. The molecule has 5 aromatic rings. The van der Waals surface area contributed by atoms with Gasteiger partial charge in [0.05, 0.1) is 5.69 Å². The van der Waals surface area contributed by atoms with Crippen LogP contribution in [0, 0.1) is 0 Å². The summed E-state index contributed by atoms with van der Waals surface area (Å²) in [5.41, 5.74) is 3.53. The van der Waals surface area contributed by atoms with E-state index in [0.717, 1.165) is 23.3 Å². The fourth-order valence-corrected chi connectivity index (χ4v) is 3.41. The number of anilines is 2. The van der Waals surface area contributed by atoms with Crippen molar-refractivity contribution in [1.82, 2.24) is 24.8 Å².